The van der Waals surface area contributed by atoms with E-state index in [1.165, 1.54) is 5.56 Å². The standard InChI is InChI=1S/C18H17NO/c1-2-6-15(7-3-1)8-4-9-17-10-5-11-18(19-17)16-12-13-20-14-16/h1-3,5-7,10-14H,4,8-9H2. The number of pyridine rings is 1. The van der Waals surface area contributed by atoms with Crippen molar-refractivity contribution in [2.24, 2.45) is 0 Å². The van der Waals surface area contributed by atoms with Gasteiger partial charge in [-0.25, -0.2) is 0 Å². The Morgan fingerprint density at radius 1 is 0.850 bits per heavy atom. The van der Waals surface area contributed by atoms with Crippen LogP contribution >= 0.6 is 0 Å². The van der Waals surface area contributed by atoms with Crippen LogP contribution in [0.3, 0.4) is 0 Å². The minimum atomic E-state index is 0.982. The molecule has 2 aromatic heterocycles. The topological polar surface area (TPSA) is 26.0 Å². The molecule has 0 atom stereocenters. The average molecular weight is 263 g/mol. The second kappa shape index (κ2) is 6.20. The lowest BCUT2D eigenvalue weighted by Crippen LogP contribution is -1.94. The van der Waals surface area contributed by atoms with Crippen LogP contribution in [0.25, 0.3) is 11.3 Å². The Morgan fingerprint density at radius 2 is 1.75 bits per heavy atom. The smallest absolute Gasteiger partial charge is 0.0996 e. The molecule has 0 aliphatic carbocycles. The van der Waals surface area contributed by atoms with Crippen LogP contribution in [0.15, 0.2) is 71.5 Å². The Labute approximate surface area is 119 Å². The van der Waals surface area contributed by atoms with Crippen LogP contribution in [0.4, 0.5) is 0 Å². The van der Waals surface area contributed by atoms with Crippen LogP contribution in [-0.2, 0) is 12.8 Å². The lowest BCUT2D eigenvalue weighted by atomic mass is 10.1. The third kappa shape index (κ3) is 3.15. The summed E-state index contributed by atoms with van der Waals surface area (Å²) in [5, 5.41) is 0. The maximum Gasteiger partial charge on any atom is 0.0996 e. The molecule has 0 unspecified atom stereocenters. The molecule has 0 N–H and O–H groups in total. The average Bonchev–Trinajstić information content (AvgIpc) is 3.03. The van der Waals surface area contributed by atoms with Crippen LogP contribution < -0.4 is 0 Å². The van der Waals surface area contributed by atoms with E-state index in [0.29, 0.717) is 0 Å². The molecule has 0 radical (unpaired) electrons. The van der Waals surface area contributed by atoms with Crippen molar-refractivity contribution >= 4 is 0 Å². The Morgan fingerprint density at radius 3 is 2.55 bits per heavy atom. The molecule has 2 heteroatoms. The molecule has 0 fully saturated rings. The van der Waals surface area contributed by atoms with E-state index in [1.54, 1.807) is 12.5 Å². The molecule has 0 saturated carbocycles. The zero-order valence-electron chi connectivity index (χ0n) is 11.3. The molecule has 3 rings (SSSR count). The summed E-state index contributed by atoms with van der Waals surface area (Å²) in [6, 6.07) is 18.7. The summed E-state index contributed by atoms with van der Waals surface area (Å²) in [6.45, 7) is 0. The number of aromatic nitrogens is 1. The molecule has 0 amide bonds. The SMILES string of the molecule is c1ccc(CCCc2cccc(-c3ccoc3)n2)cc1. The number of aryl methyl sites for hydroxylation is 2. The quantitative estimate of drug-likeness (QED) is 0.676. The van der Waals surface area contributed by atoms with Gasteiger partial charge in [-0.1, -0.05) is 36.4 Å². The summed E-state index contributed by atoms with van der Waals surface area (Å²) in [6.07, 6.45) is 6.63. The van der Waals surface area contributed by atoms with Gasteiger partial charge in [0.25, 0.3) is 0 Å². The summed E-state index contributed by atoms with van der Waals surface area (Å²) >= 11 is 0. The largest absolute Gasteiger partial charge is 0.472 e. The maximum absolute atomic E-state index is 5.11. The van der Waals surface area contributed by atoms with Gasteiger partial charge < -0.3 is 4.42 Å². The molecule has 2 nitrogen and oxygen atoms in total. The van der Waals surface area contributed by atoms with Crippen molar-refractivity contribution in [3.05, 3.63) is 78.4 Å². The zero-order valence-corrected chi connectivity index (χ0v) is 11.3. The van der Waals surface area contributed by atoms with Gasteiger partial charge in [0, 0.05) is 11.3 Å². The fraction of sp³-hybridized carbons (Fsp3) is 0.167. The Hall–Kier alpha value is -2.35. The van der Waals surface area contributed by atoms with Crippen molar-refractivity contribution in [3.63, 3.8) is 0 Å². The summed E-state index contributed by atoms with van der Waals surface area (Å²) in [5.41, 5.74) is 4.55. The first kappa shape index (κ1) is 12.7. The molecule has 2 heterocycles. The van der Waals surface area contributed by atoms with Crippen molar-refractivity contribution < 1.29 is 4.42 Å². The van der Waals surface area contributed by atoms with Gasteiger partial charge in [-0.05, 0) is 43.0 Å². The van der Waals surface area contributed by atoms with Gasteiger partial charge in [0.1, 0.15) is 0 Å². The van der Waals surface area contributed by atoms with Crippen molar-refractivity contribution in [2.45, 2.75) is 19.3 Å². The van der Waals surface area contributed by atoms with Crippen molar-refractivity contribution in [2.75, 3.05) is 0 Å². The van der Waals surface area contributed by atoms with E-state index in [2.05, 4.69) is 47.4 Å². The molecule has 100 valence electrons. The van der Waals surface area contributed by atoms with E-state index >= 15 is 0 Å². The molecule has 3 aromatic rings. The van der Waals surface area contributed by atoms with Gasteiger partial charge in [0.15, 0.2) is 0 Å². The van der Waals surface area contributed by atoms with Crippen LogP contribution in [0.5, 0.6) is 0 Å². The predicted octanol–water partition coefficient (Wildman–Crippen LogP) is 4.52. The van der Waals surface area contributed by atoms with Gasteiger partial charge in [0.05, 0.1) is 18.2 Å². The molecule has 0 spiro atoms. The summed E-state index contributed by atoms with van der Waals surface area (Å²) < 4.78 is 5.11. The Kier molecular flexibility index (Phi) is 3.93. The van der Waals surface area contributed by atoms with Crippen molar-refractivity contribution in [1.82, 2.24) is 4.98 Å². The lowest BCUT2D eigenvalue weighted by molar-refractivity contribution is 0.568. The first-order valence-corrected chi connectivity index (χ1v) is 6.94. The van der Waals surface area contributed by atoms with Crippen molar-refractivity contribution in [1.29, 1.82) is 0 Å². The fourth-order valence-electron chi connectivity index (χ4n) is 2.31. The minimum absolute atomic E-state index is 0.982. The van der Waals surface area contributed by atoms with Crippen LogP contribution in [0, 0.1) is 0 Å². The second-order valence-electron chi connectivity index (χ2n) is 4.87. The Bertz CT molecular complexity index is 644. The van der Waals surface area contributed by atoms with E-state index in [4.69, 9.17) is 4.42 Å². The zero-order chi connectivity index (χ0) is 13.6. The molecule has 1 aromatic carbocycles. The highest BCUT2D eigenvalue weighted by Crippen LogP contribution is 2.18. The monoisotopic (exact) mass is 263 g/mol. The minimum Gasteiger partial charge on any atom is -0.472 e. The third-order valence-electron chi connectivity index (χ3n) is 3.36. The van der Waals surface area contributed by atoms with Gasteiger partial charge in [0.2, 0.25) is 0 Å². The number of hydrogen-bond donors (Lipinski definition) is 0. The summed E-state index contributed by atoms with van der Waals surface area (Å²) in [7, 11) is 0. The maximum atomic E-state index is 5.11. The highest BCUT2D eigenvalue weighted by molar-refractivity contribution is 5.57. The van der Waals surface area contributed by atoms with E-state index in [9.17, 15) is 0 Å². The number of nitrogens with zero attached hydrogens (tertiary/aromatic N) is 1. The van der Waals surface area contributed by atoms with Gasteiger partial charge >= 0.3 is 0 Å². The Balaban J connectivity index is 1.62. The van der Waals surface area contributed by atoms with E-state index in [1.807, 2.05) is 12.1 Å². The second-order valence-corrected chi connectivity index (χ2v) is 4.87. The summed E-state index contributed by atoms with van der Waals surface area (Å²) in [5.74, 6) is 0. The molecule has 0 aliphatic rings. The lowest BCUT2D eigenvalue weighted by Gasteiger charge is -2.04. The summed E-state index contributed by atoms with van der Waals surface area (Å²) in [4.78, 5) is 4.69. The molecular formula is C18H17NO. The third-order valence-corrected chi connectivity index (χ3v) is 3.36. The first-order valence-electron chi connectivity index (χ1n) is 6.94. The molecule has 0 aliphatic heterocycles. The number of benzene rings is 1. The normalized spacial score (nSPS) is 10.6. The highest BCUT2D eigenvalue weighted by Gasteiger charge is 2.02. The molecule has 0 saturated heterocycles. The van der Waals surface area contributed by atoms with Gasteiger partial charge in [-0.2, -0.15) is 0 Å². The predicted molar refractivity (Wildman–Crippen MR) is 80.4 cm³/mol. The van der Waals surface area contributed by atoms with Crippen LogP contribution in [0.1, 0.15) is 17.7 Å². The number of hydrogen-bond acceptors (Lipinski definition) is 2. The van der Waals surface area contributed by atoms with Crippen molar-refractivity contribution in [3.8, 4) is 11.3 Å². The van der Waals surface area contributed by atoms with Crippen LogP contribution in [-0.4, -0.2) is 4.98 Å². The number of furan rings is 1. The number of rotatable bonds is 5. The highest BCUT2D eigenvalue weighted by atomic mass is 16.3. The van der Waals surface area contributed by atoms with Crippen LogP contribution in [0.2, 0.25) is 0 Å². The van der Waals surface area contributed by atoms with E-state index < -0.39 is 0 Å². The van der Waals surface area contributed by atoms with Gasteiger partial charge in [-0.15, -0.1) is 0 Å². The van der Waals surface area contributed by atoms with E-state index in [-0.39, 0.29) is 0 Å². The molecular weight excluding hydrogens is 246 g/mol. The fourth-order valence-corrected chi connectivity index (χ4v) is 2.31. The molecule has 0 bridgehead atoms. The van der Waals surface area contributed by atoms with Gasteiger partial charge in [-0.3, -0.25) is 4.98 Å². The first-order chi connectivity index (χ1) is 9.92. The molecule has 20 heavy (non-hydrogen) atoms. The van der Waals surface area contributed by atoms with E-state index in [0.717, 1.165) is 36.2 Å².